The molecule has 0 aromatic carbocycles. The molecule has 0 aliphatic carbocycles. The van der Waals surface area contributed by atoms with Crippen molar-refractivity contribution in [1.29, 1.82) is 0 Å². The molecule has 1 atom stereocenters. The Morgan fingerprint density at radius 3 is 0.861 bits per heavy atom. The molecule has 0 bridgehead atoms. The molecule has 0 spiro atoms. The van der Waals surface area contributed by atoms with E-state index in [1.807, 2.05) is 0 Å². The van der Waals surface area contributed by atoms with Gasteiger partial charge in [0.15, 0.2) is 6.10 Å². The summed E-state index contributed by atoms with van der Waals surface area (Å²) in [7, 11) is 0. The molecule has 410 valence electrons. The molecule has 72 heavy (non-hydrogen) atoms. The third kappa shape index (κ3) is 57.0. The zero-order chi connectivity index (χ0) is 52.2. The lowest BCUT2D eigenvalue weighted by molar-refractivity contribution is -0.167. The van der Waals surface area contributed by atoms with Gasteiger partial charge in [0.1, 0.15) is 13.2 Å². The Labute approximate surface area is 444 Å². The number of unbranched alkanes of at least 4 members (excludes halogenated alkanes) is 24. The number of rotatable bonds is 53. The minimum atomic E-state index is -0.796. The molecule has 0 rings (SSSR count). The Bertz CT molecular complexity index is 1470. The van der Waals surface area contributed by atoms with Gasteiger partial charge in [0.05, 0.1) is 0 Å². The van der Waals surface area contributed by atoms with Crippen LogP contribution in [-0.2, 0) is 28.6 Å². The first kappa shape index (κ1) is 68.1. The molecule has 0 aromatic rings. The summed E-state index contributed by atoms with van der Waals surface area (Å²) in [6, 6.07) is 0. The molecular formula is C66H110O6. The number of hydrogen-bond donors (Lipinski definition) is 0. The number of carbonyl (C=O) groups excluding carboxylic acids is 3. The van der Waals surface area contributed by atoms with Gasteiger partial charge in [-0.05, 0) is 128 Å². The SMILES string of the molecule is CC/C=C\C/C=C\C/C=C\C/C=C\C/C=C\CCCCCCCCCC(=O)OCC(COC(=O)CCCCCCC/C=C\CCCCC)OC(=O)CCCCCCCC/C=C\C/C=C\C/C=C\CCCCC. The molecule has 6 nitrogen and oxygen atoms in total. The average Bonchev–Trinajstić information content (AvgIpc) is 3.38. The maximum Gasteiger partial charge on any atom is 0.306 e. The summed E-state index contributed by atoms with van der Waals surface area (Å²) in [6.45, 7) is 6.45. The van der Waals surface area contributed by atoms with E-state index in [9.17, 15) is 14.4 Å². The van der Waals surface area contributed by atoms with Crippen molar-refractivity contribution in [2.24, 2.45) is 0 Å². The average molecular weight is 1000 g/mol. The highest BCUT2D eigenvalue weighted by atomic mass is 16.6. The van der Waals surface area contributed by atoms with Gasteiger partial charge >= 0.3 is 17.9 Å². The van der Waals surface area contributed by atoms with E-state index < -0.39 is 6.10 Å². The van der Waals surface area contributed by atoms with Crippen LogP contribution in [-0.4, -0.2) is 37.2 Å². The van der Waals surface area contributed by atoms with E-state index in [4.69, 9.17) is 14.2 Å². The lowest BCUT2D eigenvalue weighted by Gasteiger charge is -2.18. The highest BCUT2D eigenvalue weighted by Crippen LogP contribution is 2.14. The Balaban J connectivity index is 4.40. The van der Waals surface area contributed by atoms with Gasteiger partial charge in [-0.15, -0.1) is 0 Å². The Kier molecular flexibility index (Phi) is 56.4. The summed E-state index contributed by atoms with van der Waals surface area (Å²) in [6.07, 6.45) is 80.7. The first-order valence-electron chi connectivity index (χ1n) is 29.9. The van der Waals surface area contributed by atoms with Gasteiger partial charge in [0.2, 0.25) is 0 Å². The molecule has 0 radical (unpaired) electrons. The van der Waals surface area contributed by atoms with E-state index in [1.165, 1.54) is 103 Å². The third-order valence-corrected chi connectivity index (χ3v) is 12.5. The summed E-state index contributed by atoms with van der Waals surface area (Å²) in [5.74, 6) is -0.923. The molecule has 1 unspecified atom stereocenters. The number of allylic oxidation sites excluding steroid dienone is 18. The Hall–Kier alpha value is -3.93. The van der Waals surface area contributed by atoms with Crippen LogP contribution in [0.2, 0.25) is 0 Å². The first-order valence-corrected chi connectivity index (χ1v) is 29.9. The zero-order valence-electron chi connectivity index (χ0n) is 46.9. The predicted molar refractivity (Wildman–Crippen MR) is 311 cm³/mol. The molecule has 0 fully saturated rings. The van der Waals surface area contributed by atoms with Gasteiger partial charge in [-0.3, -0.25) is 14.4 Å². The third-order valence-electron chi connectivity index (χ3n) is 12.5. The first-order chi connectivity index (χ1) is 35.5. The van der Waals surface area contributed by atoms with E-state index in [0.717, 1.165) is 128 Å². The summed E-state index contributed by atoms with van der Waals surface area (Å²) in [5.41, 5.74) is 0. The van der Waals surface area contributed by atoms with Crippen molar-refractivity contribution in [3.63, 3.8) is 0 Å². The van der Waals surface area contributed by atoms with Crippen LogP contribution in [0.5, 0.6) is 0 Å². The van der Waals surface area contributed by atoms with Crippen molar-refractivity contribution >= 4 is 17.9 Å². The Morgan fingerprint density at radius 1 is 0.292 bits per heavy atom. The van der Waals surface area contributed by atoms with Crippen LogP contribution in [0.3, 0.4) is 0 Å². The van der Waals surface area contributed by atoms with Gasteiger partial charge in [-0.2, -0.15) is 0 Å². The number of ether oxygens (including phenoxy) is 3. The monoisotopic (exact) mass is 999 g/mol. The fourth-order valence-electron chi connectivity index (χ4n) is 8.00. The van der Waals surface area contributed by atoms with Gasteiger partial charge in [0, 0.05) is 19.3 Å². The van der Waals surface area contributed by atoms with Crippen LogP contribution in [0.25, 0.3) is 0 Å². The smallest absolute Gasteiger partial charge is 0.306 e. The van der Waals surface area contributed by atoms with Gasteiger partial charge in [0.25, 0.3) is 0 Å². The lowest BCUT2D eigenvalue weighted by atomic mass is 10.1. The van der Waals surface area contributed by atoms with Crippen molar-refractivity contribution in [1.82, 2.24) is 0 Å². The zero-order valence-corrected chi connectivity index (χ0v) is 46.9. The lowest BCUT2D eigenvalue weighted by Crippen LogP contribution is -2.30. The van der Waals surface area contributed by atoms with E-state index >= 15 is 0 Å². The summed E-state index contributed by atoms with van der Waals surface area (Å²) in [5, 5.41) is 0. The second-order valence-electron chi connectivity index (χ2n) is 19.5. The van der Waals surface area contributed by atoms with E-state index in [1.54, 1.807) is 0 Å². The minimum Gasteiger partial charge on any atom is -0.462 e. The van der Waals surface area contributed by atoms with E-state index in [0.29, 0.717) is 19.3 Å². The molecule has 0 aromatic heterocycles. The van der Waals surface area contributed by atoms with Crippen LogP contribution in [0.1, 0.15) is 271 Å². The molecule has 0 saturated heterocycles. The molecule has 0 saturated carbocycles. The van der Waals surface area contributed by atoms with E-state index in [-0.39, 0.29) is 31.1 Å². The van der Waals surface area contributed by atoms with Crippen LogP contribution in [0, 0.1) is 0 Å². The largest absolute Gasteiger partial charge is 0.462 e. The second-order valence-corrected chi connectivity index (χ2v) is 19.5. The van der Waals surface area contributed by atoms with Crippen molar-refractivity contribution < 1.29 is 28.6 Å². The van der Waals surface area contributed by atoms with Gasteiger partial charge in [-0.25, -0.2) is 0 Å². The highest BCUT2D eigenvalue weighted by molar-refractivity contribution is 5.71. The van der Waals surface area contributed by atoms with E-state index in [2.05, 4.69) is 130 Å². The van der Waals surface area contributed by atoms with Crippen molar-refractivity contribution in [2.45, 2.75) is 277 Å². The van der Waals surface area contributed by atoms with Crippen LogP contribution >= 0.6 is 0 Å². The summed E-state index contributed by atoms with van der Waals surface area (Å²) < 4.78 is 16.9. The molecule has 0 heterocycles. The standard InChI is InChI=1S/C66H110O6/c1-4-7-10-13-16-19-22-25-27-29-31-32-33-34-36-37-39-41-44-47-50-53-56-59-65(68)71-62-63(61-70-64(67)58-55-52-49-46-43-24-21-18-15-12-9-6-3)72-66(69)60-57-54-51-48-45-42-40-38-35-30-28-26-23-20-17-14-11-8-5-2/h7,10,16-21,25-28,31-32,34-36,38,63H,4-6,8-9,11-15,22-24,29-30,33,37,39-62H2,1-3H3/b10-7-,19-16-,20-17-,21-18-,27-25-,28-26-,32-31-,36-34-,38-35-. The highest BCUT2D eigenvalue weighted by Gasteiger charge is 2.19. The molecule has 0 aliphatic rings. The fraction of sp³-hybridized carbons (Fsp3) is 0.682. The van der Waals surface area contributed by atoms with Gasteiger partial charge < -0.3 is 14.2 Å². The van der Waals surface area contributed by atoms with Crippen molar-refractivity contribution in [3.8, 4) is 0 Å². The normalized spacial score (nSPS) is 12.9. The van der Waals surface area contributed by atoms with Crippen molar-refractivity contribution in [3.05, 3.63) is 109 Å². The van der Waals surface area contributed by atoms with Gasteiger partial charge in [-0.1, -0.05) is 233 Å². The predicted octanol–water partition coefficient (Wildman–Crippen LogP) is 20.3. The van der Waals surface area contributed by atoms with Crippen LogP contribution < -0.4 is 0 Å². The fourth-order valence-corrected chi connectivity index (χ4v) is 8.00. The summed E-state index contributed by atoms with van der Waals surface area (Å²) >= 11 is 0. The molecule has 6 heteroatoms. The number of esters is 3. The maximum absolute atomic E-state index is 12.9. The topological polar surface area (TPSA) is 78.9 Å². The van der Waals surface area contributed by atoms with Crippen LogP contribution in [0.15, 0.2) is 109 Å². The second kappa shape index (κ2) is 59.6. The number of hydrogen-bond acceptors (Lipinski definition) is 6. The minimum absolute atomic E-state index is 0.0925. The molecule has 0 amide bonds. The maximum atomic E-state index is 12.9. The quantitative estimate of drug-likeness (QED) is 0.0261. The number of carbonyl (C=O) groups is 3. The van der Waals surface area contributed by atoms with Crippen molar-refractivity contribution in [2.75, 3.05) is 13.2 Å². The Morgan fingerprint density at radius 2 is 0.542 bits per heavy atom. The summed E-state index contributed by atoms with van der Waals surface area (Å²) in [4.78, 5) is 38.2. The molecule has 0 N–H and O–H groups in total. The molecular weight excluding hydrogens is 889 g/mol. The molecule has 0 aliphatic heterocycles. The van der Waals surface area contributed by atoms with Crippen LogP contribution in [0.4, 0.5) is 0 Å².